The molecule has 2 N–H and O–H groups in total. The molecule has 2 aromatic carbocycles. The number of amides is 4. The van der Waals surface area contributed by atoms with Crippen LogP contribution in [-0.2, 0) is 16.0 Å². The SMILES string of the molecule is Cc1ccc(-n2nnnc2SCC(=O)NN2C(=O)N[C@@](C)(CCc3ccccc3)C2=O)cc1. The summed E-state index contributed by atoms with van der Waals surface area (Å²) in [6.45, 7) is 3.64. The summed E-state index contributed by atoms with van der Waals surface area (Å²) in [5.74, 6) is -1.09. The summed E-state index contributed by atoms with van der Waals surface area (Å²) in [7, 11) is 0. The first-order chi connectivity index (χ1) is 15.9. The van der Waals surface area contributed by atoms with E-state index in [4.69, 9.17) is 0 Å². The quantitative estimate of drug-likeness (QED) is 0.386. The summed E-state index contributed by atoms with van der Waals surface area (Å²) in [5, 5.41) is 15.4. The Bertz CT molecular complexity index is 1170. The molecule has 1 saturated heterocycles. The Kier molecular flexibility index (Phi) is 6.40. The number of hydrazine groups is 1. The van der Waals surface area contributed by atoms with Crippen LogP contribution in [0.3, 0.4) is 0 Å². The third-order valence-corrected chi connectivity index (χ3v) is 6.23. The standard InChI is InChI=1S/C22H23N7O3S/c1-15-8-10-17(11-9-15)28-21(24-26-27-28)33-14-18(30)25-29-19(31)22(2,23-20(29)32)13-12-16-6-4-3-5-7-16/h3-11H,12-14H2,1-2H3,(H,23,32)(H,25,30)/t22-/m0/s1. The summed E-state index contributed by atoms with van der Waals surface area (Å²) in [6.07, 6.45) is 1.02. The van der Waals surface area contributed by atoms with E-state index in [9.17, 15) is 14.4 Å². The predicted molar refractivity (Wildman–Crippen MR) is 121 cm³/mol. The zero-order chi connectivity index (χ0) is 23.4. The lowest BCUT2D eigenvalue weighted by atomic mass is 9.93. The highest BCUT2D eigenvalue weighted by molar-refractivity contribution is 7.99. The van der Waals surface area contributed by atoms with Gasteiger partial charge in [0.05, 0.1) is 11.4 Å². The van der Waals surface area contributed by atoms with Gasteiger partial charge in [0.15, 0.2) is 0 Å². The van der Waals surface area contributed by atoms with E-state index in [2.05, 4.69) is 26.3 Å². The molecule has 170 valence electrons. The molecule has 4 amide bonds. The van der Waals surface area contributed by atoms with E-state index in [1.807, 2.05) is 61.5 Å². The Morgan fingerprint density at radius 3 is 2.58 bits per heavy atom. The molecule has 1 aromatic heterocycles. The maximum Gasteiger partial charge on any atom is 0.344 e. The molecular weight excluding hydrogens is 442 g/mol. The molecule has 1 fully saturated rings. The van der Waals surface area contributed by atoms with Gasteiger partial charge in [-0.1, -0.05) is 59.8 Å². The van der Waals surface area contributed by atoms with E-state index in [-0.39, 0.29) is 5.75 Å². The molecule has 0 bridgehead atoms. The number of rotatable bonds is 8. The minimum atomic E-state index is -1.09. The largest absolute Gasteiger partial charge is 0.344 e. The summed E-state index contributed by atoms with van der Waals surface area (Å²) >= 11 is 1.10. The van der Waals surface area contributed by atoms with Gasteiger partial charge in [-0.3, -0.25) is 15.0 Å². The van der Waals surface area contributed by atoms with Gasteiger partial charge in [-0.05, 0) is 54.8 Å². The van der Waals surface area contributed by atoms with Crippen molar-refractivity contribution in [3.05, 3.63) is 65.7 Å². The van der Waals surface area contributed by atoms with Crippen LogP contribution in [0.25, 0.3) is 5.69 Å². The minimum absolute atomic E-state index is 0.0793. The van der Waals surface area contributed by atoms with Crippen LogP contribution in [0, 0.1) is 6.92 Å². The number of benzene rings is 2. The van der Waals surface area contributed by atoms with Gasteiger partial charge >= 0.3 is 6.03 Å². The van der Waals surface area contributed by atoms with Crippen LogP contribution in [0.2, 0.25) is 0 Å². The summed E-state index contributed by atoms with van der Waals surface area (Å²) < 4.78 is 1.52. The average Bonchev–Trinajstić information content (AvgIpc) is 3.36. The van der Waals surface area contributed by atoms with Gasteiger partial charge in [-0.25, -0.2) is 4.79 Å². The Morgan fingerprint density at radius 1 is 1.12 bits per heavy atom. The van der Waals surface area contributed by atoms with E-state index < -0.39 is 23.4 Å². The van der Waals surface area contributed by atoms with Crippen molar-refractivity contribution in [3.63, 3.8) is 0 Å². The van der Waals surface area contributed by atoms with E-state index in [0.717, 1.165) is 33.6 Å². The smallest absolute Gasteiger partial charge is 0.322 e. The van der Waals surface area contributed by atoms with Crippen LogP contribution in [0.15, 0.2) is 59.8 Å². The fourth-order valence-electron chi connectivity index (χ4n) is 3.40. The van der Waals surface area contributed by atoms with Crippen molar-refractivity contribution >= 4 is 29.6 Å². The molecule has 0 aliphatic carbocycles. The lowest BCUT2D eigenvalue weighted by Crippen LogP contribution is -2.49. The molecule has 10 nitrogen and oxygen atoms in total. The van der Waals surface area contributed by atoms with Gasteiger partial charge in [0, 0.05) is 0 Å². The lowest BCUT2D eigenvalue weighted by molar-refractivity contribution is -0.138. The van der Waals surface area contributed by atoms with E-state index >= 15 is 0 Å². The van der Waals surface area contributed by atoms with Gasteiger partial charge in [0.25, 0.3) is 5.91 Å². The maximum absolute atomic E-state index is 12.9. The number of imide groups is 1. The van der Waals surface area contributed by atoms with Crippen molar-refractivity contribution in [2.45, 2.75) is 37.4 Å². The molecule has 0 unspecified atom stereocenters. The Labute approximate surface area is 194 Å². The zero-order valence-electron chi connectivity index (χ0n) is 18.2. The number of urea groups is 1. The van der Waals surface area contributed by atoms with Crippen LogP contribution >= 0.6 is 11.8 Å². The molecule has 1 atom stereocenters. The summed E-state index contributed by atoms with van der Waals surface area (Å²) in [6, 6.07) is 16.7. The third-order valence-electron chi connectivity index (χ3n) is 5.31. The third kappa shape index (κ3) is 5.03. The topological polar surface area (TPSA) is 122 Å². The first-order valence-corrected chi connectivity index (χ1v) is 11.3. The number of nitrogens with zero attached hydrogens (tertiary/aromatic N) is 5. The number of tetrazole rings is 1. The van der Waals surface area contributed by atoms with Gasteiger partial charge in [0.2, 0.25) is 11.1 Å². The molecule has 3 aromatic rings. The van der Waals surface area contributed by atoms with Crippen LogP contribution in [0.5, 0.6) is 0 Å². The van der Waals surface area contributed by atoms with E-state index in [1.165, 1.54) is 4.68 Å². The molecule has 0 saturated carbocycles. The number of nitrogens with one attached hydrogen (secondary N) is 2. The van der Waals surface area contributed by atoms with Crippen molar-refractivity contribution in [1.29, 1.82) is 0 Å². The highest BCUT2D eigenvalue weighted by atomic mass is 32.2. The van der Waals surface area contributed by atoms with Crippen molar-refractivity contribution in [2.24, 2.45) is 0 Å². The normalized spacial score (nSPS) is 17.8. The molecule has 1 aliphatic heterocycles. The Morgan fingerprint density at radius 2 is 1.85 bits per heavy atom. The number of carbonyl (C=O) groups is 3. The monoisotopic (exact) mass is 465 g/mol. The Hall–Kier alpha value is -3.73. The molecule has 11 heteroatoms. The highest BCUT2D eigenvalue weighted by Gasteiger charge is 2.48. The summed E-state index contributed by atoms with van der Waals surface area (Å²) in [5.41, 5.74) is 4.22. The van der Waals surface area contributed by atoms with E-state index in [1.54, 1.807) is 6.92 Å². The van der Waals surface area contributed by atoms with Crippen molar-refractivity contribution in [1.82, 2.24) is 36.0 Å². The van der Waals surface area contributed by atoms with Crippen LogP contribution in [-0.4, -0.2) is 54.4 Å². The summed E-state index contributed by atoms with van der Waals surface area (Å²) in [4.78, 5) is 37.7. The molecular formula is C22H23N7O3S. The number of carbonyl (C=O) groups excluding carboxylic acids is 3. The van der Waals surface area contributed by atoms with Crippen LogP contribution in [0.4, 0.5) is 4.79 Å². The number of aryl methyl sites for hydroxylation is 2. The number of hydrogen-bond donors (Lipinski definition) is 2. The number of hydrogen-bond acceptors (Lipinski definition) is 7. The molecule has 33 heavy (non-hydrogen) atoms. The van der Waals surface area contributed by atoms with Gasteiger partial charge < -0.3 is 5.32 Å². The van der Waals surface area contributed by atoms with Crippen LogP contribution in [0.1, 0.15) is 24.5 Å². The predicted octanol–water partition coefficient (Wildman–Crippen LogP) is 2.04. The number of thioether (sulfide) groups is 1. The van der Waals surface area contributed by atoms with Crippen molar-refractivity contribution in [2.75, 3.05) is 5.75 Å². The second kappa shape index (κ2) is 9.41. The van der Waals surface area contributed by atoms with Gasteiger partial charge in [-0.2, -0.15) is 9.69 Å². The van der Waals surface area contributed by atoms with Crippen molar-refractivity contribution in [3.8, 4) is 5.69 Å². The van der Waals surface area contributed by atoms with E-state index in [0.29, 0.717) is 18.0 Å². The lowest BCUT2D eigenvalue weighted by Gasteiger charge is -2.21. The van der Waals surface area contributed by atoms with Gasteiger partial charge in [0.1, 0.15) is 5.54 Å². The second-order valence-corrected chi connectivity index (χ2v) is 8.86. The maximum atomic E-state index is 12.9. The average molecular weight is 466 g/mol. The molecule has 4 rings (SSSR count). The highest BCUT2D eigenvalue weighted by Crippen LogP contribution is 2.23. The van der Waals surface area contributed by atoms with Crippen molar-refractivity contribution < 1.29 is 14.4 Å². The molecule has 2 heterocycles. The fraction of sp³-hybridized carbons (Fsp3) is 0.273. The second-order valence-electron chi connectivity index (χ2n) is 7.92. The molecule has 0 radical (unpaired) electrons. The molecule has 1 aliphatic rings. The fourth-order valence-corrected chi connectivity index (χ4v) is 4.08. The first-order valence-electron chi connectivity index (χ1n) is 10.3. The zero-order valence-corrected chi connectivity index (χ0v) is 19.0. The van der Waals surface area contributed by atoms with Gasteiger partial charge in [-0.15, -0.1) is 5.10 Å². The van der Waals surface area contributed by atoms with Crippen LogP contribution < -0.4 is 10.7 Å². The molecule has 0 spiro atoms. The first kappa shape index (κ1) is 22.5. The Balaban J connectivity index is 1.34. The minimum Gasteiger partial charge on any atom is -0.322 e. The number of aromatic nitrogens is 4.